The zero-order chi connectivity index (χ0) is 22.7. The predicted octanol–water partition coefficient (Wildman–Crippen LogP) is 3.87. The molecule has 0 bridgehead atoms. The third-order valence-electron chi connectivity index (χ3n) is 5.29. The monoisotopic (exact) mass is 450 g/mol. The Labute approximate surface area is 190 Å². The van der Waals surface area contributed by atoms with E-state index in [1.54, 1.807) is 36.1 Å². The summed E-state index contributed by atoms with van der Waals surface area (Å²) in [4.78, 5) is 44.0. The summed E-state index contributed by atoms with van der Waals surface area (Å²) in [6.45, 7) is 1.86. The van der Waals surface area contributed by atoms with Crippen molar-refractivity contribution in [3.05, 3.63) is 82.6 Å². The average Bonchev–Trinajstić information content (AvgIpc) is 2.82. The van der Waals surface area contributed by atoms with E-state index in [1.165, 1.54) is 18.9 Å². The Balaban J connectivity index is 1.70. The molecule has 0 N–H and O–H groups in total. The normalized spacial score (nSPS) is 18.1. The number of ether oxygens (including phenoxy) is 2. The van der Waals surface area contributed by atoms with E-state index in [0.29, 0.717) is 39.7 Å². The first-order valence-electron chi connectivity index (χ1n) is 10.1. The van der Waals surface area contributed by atoms with Crippen LogP contribution in [0.1, 0.15) is 40.9 Å². The number of methoxy groups -OCH3 is 1. The van der Waals surface area contributed by atoms with Crippen molar-refractivity contribution < 1.29 is 23.9 Å². The van der Waals surface area contributed by atoms with E-state index < -0.39 is 18.0 Å². The van der Waals surface area contributed by atoms with Crippen molar-refractivity contribution in [1.82, 2.24) is 4.90 Å². The molecule has 1 fully saturated rings. The van der Waals surface area contributed by atoms with Crippen molar-refractivity contribution >= 4 is 34.8 Å². The van der Waals surface area contributed by atoms with Crippen molar-refractivity contribution in [2.75, 3.05) is 12.9 Å². The molecule has 2 aliphatic rings. The molecule has 0 spiro atoms. The van der Waals surface area contributed by atoms with Crippen LogP contribution in [0.5, 0.6) is 0 Å². The van der Waals surface area contributed by atoms with Crippen molar-refractivity contribution in [2.24, 2.45) is 4.99 Å². The summed E-state index contributed by atoms with van der Waals surface area (Å²) < 4.78 is 10.4. The Hall–Kier alpha value is -3.39. The number of hydrogen-bond donors (Lipinski definition) is 0. The Morgan fingerprint density at radius 2 is 1.81 bits per heavy atom. The lowest BCUT2D eigenvalue weighted by molar-refractivity contribution is -0.141. The molecule has 0 unspecified atom stereocenters. The number of allylic oxidation sites excluding steroid dienone is 1. The number of nitrogens with zero attached hydrogens (tertiary/aromatic N) is 2. The largest absolute Gasteiger partial charge is 0.465 e. The lowest BCUT2D eigenvalue weighted by Gasteiger charge is -2.38. The highest BCUT2D eigenvalue weighted by Gasteiger charge is 2.41. The molecule has 164 valence electrons. The number of amidine groups is 1. The molecule has 0 aromatic heterocycles. The Bertz CT molecular complexity index is 1110. The first kappa shape index (κ1) is 21.8. The van der Waals surface area contributed by atoms with E-state index in [4.69, 9.17) is 9.47 Å². The fourth-order valence-electron chi connectivity index (χ4n) is 3.69. The van der Waals surface area contributed by atoms with Crippen LogP contribution in [0.15, 0.2) is 70.9 Å². The third kappa shape index (κ3) is 4.31. The van der Waals surface area contributed by atoms with Crippen LogP contribution in [0.2, 0.25) is 0 Å². The molecule has 0 aliphatic carbocycles. The van der Waals surface area contributed by atoms with Gasteiger partial charge in [0.05, 0.1) is 30.0 Å². The van der Waals surface area contributed by atoms with Gasteiger partial charge in [0, 0.05) is 12.2 Å². The standard InChI is InChI=1S/C24H22N2O5S/c1-15-20(23(29)31-14-16-6-4-3-5-7-16)21(26-19(27)12-13-32-24(26)25-15)17-8-10-18(11-9-17)22(28)30-2/h3-11,21H,12-14H2,1-2H3/t21-/m1/s1. The lowest BCUT2D eigenvalue weighted by Crippen LogP contribution is -2.45. The molecule has 7 nitrogen and oxygen atoms in total. The van der Waals surface area contributed by atoms with E-state index in [2.05, 4.69) is 4.99 Å². The highest BCUT2D eigenvalue weighted by molar-refractivity contribution is 8.14. The predicted molar refractivity (Wildman–Crippen MR) is 121 cm³/mol. The van der Waals surface area contributed by atoms with E-state index >= 15 is 0 Å². The first-order valence-corrected chi connectivity index (χ1v) is 11.1. The SMILES string of the molecule is COC(=O)c1ccc([C@@H]2C(C(=O)OCc3ccccc3)=C(C)N=C3SCCC(=O)N32)cc1. The van der Waals surface area contributed by atoms with E-state index in [-0.39, 0.29) is 12.5 Å². The van der Waals surface area contributed by atoms with Gasteiger partial charge in [-0.05, 0) is 30.2 Å². The molecular formula is C24H22N2O5S. The van der Waals surface area contributed by atoms with Crippen LogP contribution in [0.25, 0.3) is 0 Å². The first-order chi connectivity index (χ1) is 15.5. The molecule has 1 amide bonds. The van der Waals surface area contributed by atoms with Gasteiger partial charge in [0.15, 0.2) is 5.17 Å². The Kier molecular flexibility index (Phi) is 6.41. The molecule has 0 saturated carbocycles. The Morgan fingerprint density at radius 1 is 1.09 bits per heavy atom. The molecule has 2 aliphatic heterocycles. The van der Waals surface area contributed by atoms with Crippen LogP contribution >= 0.6 is 11.8 Å². The van der Waals surface area contributed by atoms with Crippen molar-refractivity contribution in [3.63, 3.8) is 0 Å². The van der Waals surface area contributed by atoms with Gasteiger partial charge in [-0.2, -0.15) is 0 Å². The molecule has 8 heteroatoms. The maximum atomic E-state index is 13.2. The topological polar surface area (TPSA) is 85.3 Å². The summed E-state index contributed by atoms with van der Waals surface area (Å²) in [6, 6.07) is 15.4. The van der Waals surface area contributed by atoms with Gasteiger partial charge in [0.25, 0.3) is 0 Å². The summed E-state index contributed by atoms with van der Waals surface area (Å²) in [5.41, 5.74) is 2.76. The van der Waals surface area contributed by atoms with E-state index in [1.807, 2.05) is 30.3 Å². The molecule has 1 atom stereocenters. The molecular weight excluding hydrogens is 428 g/mol. The maximum absolute atomic E-state index is 13.2. The van der Waals surface area contributed by atoms with Crippen molar-refractivity contribution in [3.8, 4) is 0 Å². The summed E-state index contributed by atoms with van der Waals surface area (Å²) in [5, 5.41) is 0.570. The highest BCUT2D eigenvalue weighted by Crippen LogP contribution is 2.40. The average molecular weight is 451 g/mol. The number of hydrogen-bond acceptors (Lipinski definition) is 7. The second-order valence-corrected chi connectivity index (χ2v) is 8.40. The van der Waals surface area contributed by atoms with Crippen LogP contribution in [0, 0.1) is 0 Å². The smallest absolute Gasteiger partial charge is 0.338 e. The second-order valence-electron chi connectivity index (χ2n) is 7.33. The quantitative estimate of drug-likeness (QED) is 0.643. The molecule has 2 aromatic carbocycles. The van der Waals surface area contributed by atoms with Gasteiger partial charge in [-0.3, -0.25) is 9.69 Å². The molecule has 2 aromatic rings. The zero-order valence-electron chi connectivity index (χ0n) is 17.7. The number of thioether (sulfide) groups is 1. The fraction of sp³-hybridized carbons (Fsp3) is 0.250. The van der Waals surface area contributed by atoms with E-state index in [9.17, 15) is 14.4 Å². The van der Waals surface area contributed by atoms with Crippen LogP contribution in [0.4, 0.5) is 0 Å². The van der Waals surface area contributed by atoms with Crippen molar-refractivity contribution in [1.29, 1.82) is 0 Å². The van der Waals surface area contributed by atoms with Gasteiger partial charge in [0.2, 0.25) is 5.91 Å². The Morgan fingerprint density at radius 3 is 2.50 bits per heavy atom. The van der Waals surface area contributed by atoms with Gasteiger partial charge >= 0.3 is 11.9 Å². The third-order valence-corrected chi connectivity index (χ3v) is 6.24. The lowest BCUT2D eigenvalue weighted by atomic mass is 9.93. The maximum Gasteiger partial charge on any atom is 0.338 e. The summed E-state index contributed by atoms with van der Waals surface area (Å²) in [6.07, 6.45) is 0.353. The number of carbonyl (C=O) groups is 3. The fourth-order valence-corrected chi connectivity index (χ4v) is 4.70. The minimum atomic E-state index is -0.683. The summed E-state index contributed by atoms with van der Waals surface area (Å²) >= 11 is 1.48. The number of carbonyl (C=O) groups excluding carboxylic acids is 3. The minimum Gasteiger partial charge on any atom is -0.465 e. The summed E-state index contributed by atoms with van der Waals surface area (Å²) in [5.74, 6) is -0.449. The van der Waals surface area contributed by atoms with Gasteiger partial charge in [0.1, 0.15) is 6.61 Å². The number of benzene rings is 2. The van der Waals surface area contributed by atoms with Crippen LogP contribution in [-0.4, -0.2) is 40.8 Å². The highest BCUT2D eigenvalue weighted by atomic mass is 32.2. The number of esters is 2. The number of amides is 1. The van der Waals surface area contributed by atoms with Crippen molar-refractivity contribution in [2.45, 2.75) is 26.0 Å². The minimum absolute atomic E-state index is 0.106. The van der Waals surface area contributed by atoms with Crippen LogP contribution in [-0.2, 0) is 25.7 Å². The number of fused-ring (bicyclic) bond motifs is 1. The molecule has 1 saturated heterocycles. The molecule has 2 heterocycles. The van der Waals surface area contributed by atoms with Gasteiger partial charge < -0.3 is 9.47 Å². The van der Waals surface area contributed by atoms with Crippen LogP contribution < -0.4 is 0 Å². The molecule has 4 rings (SSSR count). The number of rotatable bonds is 5. The van der Waals surface area contributed by atoms with E-state index in [0.717, 1.165) is 5.56 Å². The summed E-state index contributed by atoms with van der Waals surface area (Å²) in [7, 11) is 1.32. The molecule has 0 radical (unpaired) electrons. The van der Waals surface area contributed by atoms with Gasteiger partial charge in [-0.1, -0.05) is 54.2 Å². The zero-order valence-corrected chi connectivity index (χ0v) is 18.6. The van der Waals surface area contributed by atoms with Gasteiger partial charge in [-0.15, -0.1) is 0 Å². The van der Waals surface area contributed by atoms with Gasteiger partial charge in [-0.25, -0.2) is 14.6 Å². The van der Waals surface area contributed by atoms with Crippen LogP contribution in [0.3, 0.4) is 0 Å². The second kappa shape index (κ2) is 9.40. The molecule has 32 heavy (non-hydrogen) atoms. The number of aliphatic imine (C=N–C) groups is 1.